The van der Waals surface area contributed by atoms with Crippen molar-refractivity contribution in [3.05, 3.63) is 12.1 Å². The number of rotatable bonds is 3. The summed E-state index contributed by atoms with van der Waals surface area (Å²) in [6.07, 6.45) is 1.60. The lowest BCUT2D eigenvalue weighted by atomic mass is 10.3. The zero-order valence-electron chi connectivity index (χ0n) is 7.76. The third-order valence-electron chi connectivity index (χ3n) is 1.82. The molecule has 2 aromatic heterocycles. The molecule has 6 nitrogen and oxygen atoms in total. The van der Waals surface area contributed by atoms with Crippen LogP contribution in [0.1, 0.15) is 18.9 Å². The topological polar surface area (TPSA) is 76.7 Å². The van der Waals surface area contributed by atoms with Gasteiger partial charge in [-0.05, 0) is 25.5 Å². The molecular weight excluding hydrogens is 202 g/mol. The molecule has 0 aliphatic carbocycles. The standard InChI is InChI=1S/C7H9N5OS/c1-4(8-2)6-10-11-7(13-6)5-3-9-12-14-5/h3-4,8H,1-2H3. The molecule has 1 unspecified atom stereocenters. The smallest absolute Gasteiger partial charge is 0.261 e. The summed E-state index contributed by atoms with van der Waals surface area (Å²) in [4.78, 5) is 0.784. The Kier molecular flexibility index (Phi) is 2.51. The summed E-state index contributed by atoms with van der Waals surface area (Å²) in [5.74, 6) is 1.04. The van der Waals surface area contributed by atoms with Gasteiger partial charge in [0, 0.05) is 0 Å². The lowest BCUT2D eigenvalue weighted by Crippen LogP contribution is -2.12. The van der Waals surface area contributed by atoms with E-state index in [0.29, 0.717) is 11.8 Å². The lowest BCUT2D eigenvalue weighted by molar-refractivity contribution is 0.442. The Morgan fingerprint density at radius 3 is 3.00 bits per heavy atom. The first-order valence-corrected chi connectivity index (χ1v) is 4.87. The highest BCUT2D eigenvalue weighted by atomic mass is 32.1. The van der Waals surface area contributed by atoms with E-state index < -0.39 is 0 Å². The van der Waals surface area contributed by atoms with Gasteiger partial charge in [-0.15, -0.1) is 15.3 Å². The summed E-state index contributed by atoms with van der Waals surface area (Å²) < 4.78 is 9.15. The molecule has 0 bridgehead atoms. The summed E-state index contributed by atoms with van der Waals surface area (Å²) in [5.41, 5.74) is 0. The van der Waals surface area contributed by atoms with Crippen LogP contribution >= 0.6 is 11.5 Å². The van der Waals surface area contributed by atoms with Gasteiger partial charge in [-0.1, -0.05) is 4.49 Å². The lowest BCUT2D eigenvalue weighted by Gasteiger charge is -2.01. The highest BCUT2D eigenvalue weighted by Gasteiger charge is 2.14. The fourth-order valence-electron chi connectivity index (χ4n) is 0.894. The zero-order chi connectivity index (χ0) is 9.97. The molecule has 0 aliphatic heterocycles. The minimum atomic E-state index is 0.0529. The van der Waals surface area contributed by atoms with Crippen molar-refractivity contribution >= 4 is 11.5 Å². The zero-order valence-corrected chi connectivity index (χ0v) is 8.58. The summed E-state index contributed by atoms with van der Waals surface area (Å²) in [6.45, 7) is 1.95. The number of hydrogen-bond acceptors (Lipinski definition) is 7. The van der Waals surface area contributed by atoms with E-state index in [1.807, 2.05) is 14.0 Å². The van der Waals surface area contributed by atoms with Crippen molar-refractivity contribution in [2.24, 2.45) is 0 Å². The second kappa shape index (κ2) is 3.81. The molecule has 0 saturated heterocycles. The molecule has 2 aromatic rings. The highest BCUT2D eigenvalue weighted by Crippen LogP contribution is 2.21. The average Bonchev–Trinajstić information content (AvgIpc) is 2.86. The van der Waals surface area contributed by atoms with Crippen molar-refractivity contribution in [3.63, 3.8) is 0 Å². The Hall–Kier alpha value is -1.34. The largest absolute Gasteiger partial charge is 0.418 e. The molecule has 0 radical (unpaired) electrons. The van der Waals surface area contributed by atoms with Crippen LogP contribution in [0.3, 0.4) is 0 Å². The van der Waals surface area contributed by atoms with Crippen LogP contribution in [0.5, 0.6) is 0 Å². The summed E-state index contributed by atoms with van der Waals surface area (Å²) in [6, 6.07) is 0.0529. The Morgan fingerprint density at radius 2 is 2.36 bits per heavy atom. The molecule has 2 heterocycles. The van der Waals surface area contributed by atoms with Crippen LogP contribution in [-0.2, 0) is 0 Å². The maximum absolute atomic E-state index is 5.43. The van der Waals surface area contributed by atoms with E-state index >= 15 is 0 Å². The van der Waals surface area contributed by atoms with Gasteiger partial charge >= 0.3 is 0 Å². The molecule has 0 amide bonds. The first-order chi connectivity index (χ1) is 6.81. The predicted octanol–water partition coefficient (Wildman–Crippen LogP) is 0.868. The van der Waals surface area contributed by atoms with Gasteiger partial charge in [0.2, 0.25) is 5.89 Å². The SMILES string of the molecule is CNC(C)c1nnc(-c2cnns2)o1. The normalized spacial score (nSPS) is 13.0. The molecule has 1 atom stereocenters. The fraction of sp³-hybridized carbons (Fsp3) is 0.429. The van der Waals surface area contributed by atoms with Gasteiger partial charge in [0.1, 0.15) is 4.88 Å². The van der Waals surface area contributed by atoms with Crippen LogP contribution in [0.15, 0.2) is 10.6 Å². The molecule has 1 N–H and O–H groups in total. The maximum atomic E-state index is 5.43. The summed E-state index contributed by atoms with van der Waals surface area (Å²) in [5, 5.41) is 14.5. The monoisotopic (exact) mass is 211 g/mol. The van der Waals surface area contributed by atoms with Crippen LogP contribution in [0.2, 0.25) is 0 Å². The third-order valence-corrected chi connectivity index (χ3v) is 2.47. The fourth-order valence-corrected chi connectivity index (χ4v) is 1.33. The van der Waals surface area contributed by atoms with Crippen molar-refractivity contribution in [2.75, 3.05) is 7.05 Å². The molecule has 0 spiro atoms. The molecule has 74 valence electrons. The highest BCUT2D eigenvalue weighted by molar-refractivity contribution is 7.09. The number of aromatic nitrogens is 4. The maximum Gasteiger partial charge on any atom is 0.261 e. The van der Waals surface area contributed by atoms with Crippen LogP contribution in [0.25, 0.3) is 10.8 Å². The average molecular weight is 211 g/mol. The Balaban J connectivity index is 2.26. The van der Waals surface area contributed by atoms with Gasteiger partial charge in [-0.2, -0.15) is 0 Å². The molecule has 0 aromatic carbocycles. The Labute approximate surface area is 84.5 Å². The van der Waals surface area contributed by atoms with E-state index in [2.05, 4.69) is 25.1 Å². The van der Waals surface area contributed by atoms with Crippen LogP contribution in [0, 0.1) is 0 Å². The molecule has 14 heavy (non-hydrogen) atoms. The van der Waals surface area contributed by atoms with Crippen LogP contribution in [0.4, 0.5) is 0 Å². The van der Waals surface area contributed by atoms with Crippen LogP contribution < -0.4 is 5.32 Å². The van der Waals surface area contributed by atoms with Gasteiger partial charge in [-0.25, -0.2) is 0 Å². The number of nitrogens with zero attached hydrogens (tertiary/aromatic N) is 4. The molecular formula is C7H9N5OS. The van der Waals surface area contributed by atoms with Crippen molar-refractivity contribution in [1.82, 2.24) is 25.1 Å². The first-order valence-electron chi connectivity index (χ1n) is 4.09. The molecule has 0 aliphatic rings. The molecule has 0 saturated carbocycles. The van der Waals surface area contributed by atoms with Gasteiger partial charge in [-0.3, -0.25) is 0 Å². The van der Waals surface area contributed by atoms with Gasteiger partial charge in [0.05, 0.1) is 12.2 Å². The van der Waals surface area contributed by atoms with E-state index in [9.17, 15) is 0 Å². The number of nitrogens with one attached hydrogen (secondary N) is 1. The van der Waals surface area contributed by atoms with Crippen molar-refractivity contribution < 1.29 is 4.42 Å². The second-order valence-electron chi connectivity index (χ2n) is 2.74. The van der Waals surface area contributed by atoms with Gasteiger partial charge < -0.3 is 9.73 Å². The van der Waals surface area contributed by atoms with Crippen molar-refractivity contribution in [3.8, 4) is 10.8 Å². The van der Waals surface area contributed by atoms with E-state index in [1.54, 1.807) is 6.20 Å². The van der Waals surface area contributed by atoms with Crippen molar-refractivity contribution in [1.29, 1.82) is 0 Å². The first kappa shape index (κ1) is 9.22. The van der Waals surface area contributed by atoms with Gasteiger partial charge in [0.15, 0.2) is 0 Å². The van der Waals surface area contributed by atoms with Crippen LogP contribution in [-0.4, -0.2) is 26.8 Å². The van der Waals surface area contributed by atoms with Crippen molar-refractivity contribution in [2.45, 2.75) is 13.0 Å². The van der Waals surface area contributed by atoms with E-state index in [-0.39, 0.29) is 6.04 Å². The third kappa shape index (κ3) is 1.64. The van der Waals surface area contributed by atoms with Gasteiger partial charge in [0.25, 0.3) is 5.89 Å². The minimum Gasteiger partial charge on any atom is -0.418 e. The predicted molar refractivity (Wildman–Crippen MR) is 50.7 cm³/mol. The Morgan fingerprint density at radius 1 is 1.50 bits per heavy atom. The summed E-state index contributed by atoms with van der Waals surface area (Å²) >= 11 is 1.23. The molecule has 2 rings (SSSR count). The Bertz CT molecular complexity index is 398. The molecule has 7 heteroatoms. The van der Waals surface area contributed by atoms with E-state index in [1.165, 1.54) is 11.5 Å². The summed E-state index contributed by atoms with van der Waals surface area (Å²) in [7, 11) is 1.84. The number of hydrogen-bond donors (Lipinski definition) is 1. The minimum absolute atomic E-state index is 0.0529. The van der Waals surface area contributed by atoms with E-state index in [4.69, 9.17) is 4.42 Å². The molecule has 0 fully saturated rings. The second-order valence-corrected chi connectivity index (χ2v) is 3.52. The quantitative estimate of drug-likeness (QED) is 0.811. The van der Waals surface area contributed by atoms with E-state index in [0.717, 1.165) is 4.88 Å².